The monoisotopic (exact) mass is 243 g/mol. The van der Waals surface area contributed by atoms with Gasteiger partial charge >= 0.3 is 0 Å². The number of amides is 1. The summed E-state index contributed by atoms with van der Waals surface area (Å²) in [7, 11) is 0. The first-order valence-corrected chi connectivity index (χ1v) is 5.35. The average Bonchev–Trinajstić information content (AvgIpc) is 2.64. The summed E-state index contributed by atoms with van der Waals surface area (Å²) in [6.07, 6.45) is 1.52. The van der Waals surface area contributed by atoms with Gasteiger partial charge in [-0.3, -0.25) is 4.79 Å². The number of hydrogen-bond donors (Lipinski definition) is 0. The van der Waals surface area contributed by atoms with E-state index in [2.05, 4.69) is 15.0 Å². The summed E-state index contributed by atoms with van der Waals surface area (Å²) >= 11 is 5.72. The van der Waals surface area contributed by atoms with Crippen LogP contribution in [0.4, 0.5) is 0 Å². The summed E-state index contributed by atoms with van der Waals surface area (Å²) in [6, 6.07) is 8.98. The summed E-state index contributed by atoms with van der Waals surface area (Å²) in [5, 5.41) is 1.57. The van der Waals surface area contributed by atoms with Gasteiger partial charge in [0.05, 0.1) is 16.6 Å². The zero-order valence-electron chi connectivity index (χ0n) is 8.59. The fraction of sp³-hybridized carbons (Fsp3) is 0. The van der Waals surface area contributed by atoms with Gasteiger partial charge in [0.15, 0.2) is 0 Å². The first-order valence-electron chi connectivity index (χ1n) is 4.97. The van der Waals surface area contributed by atoms with E-state index in [0.29, 0.717) is 16.6 Å². The second kappa shape index (κ2) is 3.75. The lowest BCUT2D eigenvalue weighted by Gasteiger charge is -1.98. The van der Waals surface area contributed by atoms with Gasteiger partial charge in [0.1, 0.15) is 0 Å². The summed E-state index contributed by atoms with van der Waals surface area (Å²) in [5.74, 6) is -0.291. The smallest absolute Gasteiger partial charge is 0.267 e. The second-order valence-corrected chi connectivity index (χ2v) is 3.86. The Morgan fingerprint density at radius 1 is 1.12 bits per heavy atom. The van der Waals surface area contributed by atoms with Crippen molar-refractivity contribution in [2.75, 3.05) is 0 Å². The third-order valence-electron chi connectivity index (χ3n) is 2.49. The van der Waals surface area contributed by atoms with Gasteiger partial charge in [0.25, 0.3) is 5.91 Å². The van der Waals surface area contributed by atoms with Crippen LogP contribution in [0.25, 0.3) is 5.57 Å². The van der Waals surface area contributed by atoms with E-state index in [1.165, 1.54) is 6.20 Å². The minimum atomic E-state index is -0.291. The molecule has 4 nitrogen and oxygen atoms in total. The number of halogens is 1. The van der Waals surface area contributed by atoms with Crippen molar-refractivity contribution in [2.45, 2.75) is 0 Å². The zero-order chi connectivity index (χ0) is 11.8. The highest BCUT2D eigenvalue weighted by Gasteiger charge is 2.19. The van der Waals surface area contributed by atoms with Gasteiger partial charge in [0.2, 0.25) is 5.28 Å². The minimum Gasteiger partial charge on any atom is -0.267 e. The fourth-order valence-electron chi connectivity index (χ4n) is 1.78. The van der Waals surface area contributed by atoms with E-state index in [-0.39, 0.29) is 11.2 Å². The van der Waals surface area contributed by atoms with Crippen LogP contribution in [0.2, 0.25) is 5.28 Å². The van der Waals surface area contributed by atoms with E-state index in [1.54, 1.807) is 12.1 Å². The van der Waals surface area contributed by atoms with Crippen LogP contribution in [0.5, 0.6) is 0 Å². The molecule has 0 bridgehead atoms. The van der Waals surface area contributed by atoms with Crippen molar-refractivity contribution in [3.63, 3.8) is 0 Å². The van der Waals surface area contributed by atoms with Crippen LogP contribution in [0.1, 0.15) is 5.69 Å². The van der Waals surface area contributed by atoms with E-state index >= 15 is 0 Å². The maximum absolute atomic E-state index is 11.8. The van der Waals surface area contributed by atoms with E-state index in [0.717, 1.165) is 5.22 Å². The van der Waals surface area contributed by atoms with E-state index in [4.69, 9.17) is 11.6 Å². The SMILES string of the molecule is O=C1N=c2ccccc2=C1c1ccnc(Cl)n1. The molecule has 0 fully saturated rings. The molecular weight excluding hydrogens is 238 g/mol. The van der Waals surface area contributed by atoms with Crippen molar-refractivity contribution in [3.8, 4) is 0 Å². The third kappa shape index (κ3) is 1.62. The van der Waals surface area contributed by atoms with E-state index in [1.807, 2.05) is 18.2 Å². The Labute approximate surface area is 101 Å². The number of benzene rings is 1. The van der Waals surface area contributed by atoms with Crippen LogP contribution >= 0.6 is 11.6 Å². The molecule has 1 amide bonds. The number of carbonyl (C=O) groups excluding carboxylic acids is 1. The molecule has 3 rings (SSSR count). The molecule has 1 aliphatic heterocycles. The summed E-state index contributed by atoms with van der Waals surface area (Å²) < 4.78 is 0. The molecule has 1 aromatic heterocycles. The standard InChI is InChI=1S/C12H6ClN3O/c13-12-14-6-5-9(16-12)10-7-3-1-2-4-8(7)15-11(10)17/h1-6H. The number of carbonyl (C=O) groups is 1. The predicted octanol–water partition coefficient (Wildman–Crippen LogP) is 0.489. The molecule has 0 radical (unpaired) electrons. The lowest BCUT2D eigenvalue weighted by Crippen LogP contribution is -2.22. The Morgan fingerprint density at radius 2 is 1.94 bits per heavy atom. The lowest BCUT2D eigenvalue weighted by molar-refractivity contribution is -0.112. The fourth-order valence-corrected chi connectivity index (χ4v) is 1.93. The highest BCUT2D eigenvalue weighted by atomic mass is 35.5. The molecule has 0 spiro atoms. The first kappa shape index (κ1) is 10.1. The maximum atomic E-state index is 11.8. The molecule has 0 saturated heterocycles. The van der Waals surface area contributed by atoms with Crippen molar-refractivity contribution in [3.05, 3.63) is 58.1 Å². The highest BCUT2D eigenvalue weighted by molar-refractivity contribution is 6.28. The van der Waals surface area contributed by atoms with Gasteiger partial charge in [0, 0.05) is 11.4 Å². The quantitative estimate of drug-likeness (QED) is 0.685. The number of nitrogens with zero attached hydrogens (tertiary/aromatic N) is 3. The molecule has 2 heterocycles. The zero-order valence-corrected chi connectivity index (χ0v) is 9.35. The minimum absolute atomic E-state index is 0.118. The van der Waals surface area contributed by atoms with Gasteiger partial charge < -0.3 is 0 Å². The Balaban J connectivity index is 2.37. The summed E-state index contributed by atoms with van der Waals surface area (Å²) in [6.45, 7) is 0. The van der Waals surface area contributed by atoms with Crippen LogP contribution in [-0.4, -0.2) is 15.9 Å². The first-order chi connectivity index (χ1) is 8.25. The lowest BCUT2D eigenvalue weighted by atomic mass is 10.1. The predicted molar refractivity (Wildman–Crippen MR) is 61.8 cm³/mol. The number of fused-ring (bicyclic) bond motifs is 1. The van der Waals surface area contributed by atoms with E-state index < -0.39 is 0 Å². The maximum Gasteiger partial charge on any atom is 0.280 e. The molecule has 0 saturated carbocycles. The van der Waals surface area contributed by atoms with Gasteiger partial charge in [-0.05, 0) is 23.7 Å². The molecule has 0 N–H and O–H groups in total. The number of para-hydroxylation sites is 1. The molecule has 1 aromatic carbocycles. The Morgan fingerprint density at radius 3 is 2.76 bits per heavy atom. The normalized spacial score (nSPS) is 13.5. The number of hydrogen-bond acceptors (Lipinski definition) is 3. The molecule has 5 heteroatoms. The van der Waals surface area contributed by atoms with Crippen LogP contribution < -0.4 is 10.6 Å². The van der Waals surface area contributed by atoms with E-state index in [9.17, 15) is 4.79 Å². The van der Waals surface area contributed by atoms with Crippen LogP contribution in [0, 0.1) is 0 Å². The van der Waals surface area contributed by atoms with Crippen molar-refractivity contribution < 1.29 is 4.79 Å². The van der Waals surface area contributed by atoms with Gasteiger partial charge in [-0.1, -0.05) is 18.2 Å². The third-order valence-corrected chi connectivity index (χ3v) is 2.67. The molecule has 0 unspecified atom stereocenters. The van der Waals surface area contributed by atoms with Gasteiger partial charge in [-0.2, -0.15) is 0 Å². The Kier molecular flexibility index (Phi) is 2.23. The largest absolute Gasteiger partial charge is 0.280 e. The highest BCUT2D eigenvalue weighted by Crippen LogP contribution is 2.13. The van der Waals surface area contributed by atoms with Crippen molar-refractivity contribution >= 4 is 23.1 Å². The van der Waals surface area contributed by atoms with Crippen LogP contribution in [0.15, 0.2) is 41.5 Å². The van der Waals surface area contributed by atoms with Crippen molar-refractivity contribution in [1.29, 1.82) is 0 Å². The van der Waals surface area contributed by atoms with Crippen molar-refractivity contribution in [1.82, 2.24) is 9.97 Å². The molecule has 1 aliphatic rings. The summed E-state index contributed by atoms with van der Waals surface area (Å²) in [4.78, 5) is 23.6. The Hall–Kier alpha value is -2.07. The molecule has 0 atom stereocenters. The number of aromatic nitrogens is 2. The average molecular weight is 244 g/mol. The van der Waals surface area contributed by atoms with Crippen LogP contribution in [-0.2, 0) is 4.79 Å². The van der Waals surface area contributed by atoms with Crippen molar-refractivity contribution in [2.24, 2.45) is 4.99 Å². The van der Waals surface area contributed by atoms with Crippen LogP contribution in [0.3, 0.4) is 0 Å². The summed E-state index contributed by atoms with van der Waals surface area (Å²) in [5.41, 5.74) is 0.980. The topological polar surface area (TPSA) is 55.2 Å². The van der Waals surface area contributed by atoms with Gasteiger partial charge in [-0.15, -0.1) is 0 Å². The number of rotatable bonds is 1. The molecule has 2 aromatic rings. The molecule has 17 heavy (non-hydrogen) atoms. The molecule has 0 aliphatic carbocycles. The van der Waals surface area contributed by atoms with Gasteiger partial charge in [-0.25, -0.2) is 15.0 Å². The molecule has 82 valence electrons. The molecular formula is C12H6ClN3O. The second-order valence-electron chi connectivity index (χ2n) is 3.52. The Bertz CT molecular complexity index is 739.